The highest BCUT2D eigenvalue weighted by molar-refractivity contribution is 5.79. The molecule has 1 aliphatic rings. The molecule has 1 aromatic carbocycles. The molecule has 0 spiro atoms. The quantitative estimate of drug-likeness (QED) is 0.565. The van der Waals surface area contributed by atoms with Crippen LogP contribution in [0.25, 0.3) is 0 Å². The van der Waals surface area contributed by atoms with Crippen molar-refractivity contribution in [1.82, 2.24) is 20.4 Å². The Hall–Kier alpha value is -1.86. The molecule has 1 fully saturated rings. The van der Waals surface area contributed by atoms with Gasteiger partial charge in [-0.3, -0.25) is 9.89 Å². The third-order valence-electron chi connectivity index (χ3n) is 4.79. The van der Waals surface area contributed by atoms with E-state index < -0.39 is 0 Å². The summed E-state index contributed by atoms with van der Waals surface area (Å²) in [6, 6.07) is 6.95. The van der Waals surface area contributed by atoms with Crippen molar-refractivity contribution < 1.29 is 9.13 Å². The molecule has 0 amide bonds. The van der Waals surface area contributed by atoms with Crippen LogP contribution < -0.4 is 15.4 Å². The van der Waals surface area contributed by atoms with Gasteiger partial charge in [0.05, 0.1) is 6.54 Å². The zero-order chi connectivity index (χ0) is 18.9. The Balaban J connectivity index is 1.80. The SMILES string of the molecule is CCC(CNC(=NC)NCC1CN(C)CCN1C)Oc1ccccc1F. The van der Waals surface area contributed by atoms with Crippen LogP contribution in [-0.2, 0) is 0 Å². The van der Waals surface area contributed by atoms with E-state index in [1.807, 2.05) is 6.92 Å². The van der Waals surface area contributed by atoms with E-state index in [1.165, 1.54) is 6.07 Å². The van der Waals surface area contributed by atoms with Crippen molar-refractivity contribution in [3.05, 3.63) is 30.1 Å². The maximum atomic E-state index is 13.8. The second-order valence-electron chi connectivity index (χ2n) is 6.81. The monoisotopic (exact) mass is 365 g/mol. The molecule has 7 heteroatoms. The fraction of sp³-hybridized carbons (Fsp3) is 0.632. The van der Waals surface area contributed by atoms with Gasteiger partial charge in [0.1, 0.15) is 6.10 Å². The topological polar surface area (TPSA) is 52.1 Å². The molecule has 0 aliphatic carbocycles. The maximum Gasteiger partial charge on any atom is 0.191 e. The van der Waals surface area contributed by atoms with Crippen molar-refractivity contribution in [3.8, 4) is 5.75 Å². The zero-order valence-corrected chi connectivity index (χ0v) is 16.3. The molecule has 1 saturated heterocycles. The number of ether oxygens (including phenoxy) is 1. The van der Waals surface area contributed by atoms with Crippen molar-refractivity contribution in [1.29, 1.82) is 0 Å². The highest BCUT2D eigenvalue weighted by atomic mass is 19.1. The molecule has 0 bridgehead atoms. The van der Waals surface area contributed by atoms with Crippen LogP contribution in [0.4, 0.5) is 4.39 Å². The van der Waals surface area contributed by atoms with Crippen LogP contribution in [0.3, 0.4) is 0 Å². The number of nitrogens with one attached hydrogen (secondary N) is 2. The molecule has 26 heavy (non-hydrogen) atoms. The summed E-state index contributed by atoms with van der Waals surface area (Å²) >= 11 is 0. The lowest BCUT2D eigenvalue weighted by molar-refractivity contribution is 0.116. The molecule has 2 N–H and O–H groups in total. The number of rotatable bonds is 7. The Morgan fingerprint density at radius 2 is 2.08 bits per heavy atom. The molecule has 2 unspecified atom stereocenters. The molecule has 1 aliphatic heterocycles. The van der Waals surface area contributed by atoms with Gasteiger partial charge in [-0.1, -0.05) is 19.1 Å². The van der Waals surface area contributed by atoms with E-state index in [4.69, 9.17) is 4.74 Å². The average Bonchev–Trinajstić information content (AvgIpc) is 2.64. The Kier molecular flexibility index (Phi) is 8.12. The van der Waals surface area contributed by atoms with Gasteiger partial charge in [0, 0.05) is 39.3 Å². The number of aliphatic imine (C=N–C) groups is 1. The van der Waals surface area contributed by atoms with Gasteiger partial charge in [-0.15, -0.1) is 0 Å². The molecule has 146 valence electrons. The summed E-state index contributed by atoms with van der Waals surface area (Å²) in [5, 5.41) is 6.67. The largest absolute Gasteiger partial charge is 0.486 e. The predicted octanol–water partition coefficient (Wildman–Crippen LogP) is 1.39. The summed E-state index contributed by atoms with van der Waals surface area (Å²) in [4.78, 5) is 9.00. The van der Waals surface area contributed by atoms with E-state index >= 15 is 0 Å². The maximum absolute atomic E-state index is 13.8. The van der Waals surface area contributed by atoms with Gasteiger partial charge in [0.15, 0.2) is 17.5 Å². The van der Waals surface area contributed by atoms with Gasteiger partial charge in [-0.05, 0) is 32.6 Å². The molecular weight excluding hydrogens is 333 g/mol. The minimum atomic E-state index is -0.335. The summed E-state index contributed by atoms with van der Waals surface area (Å²) in [6.07, 6.45) is 0.642. The van der Waals surface area contributed by atoms with Crippen LogP contribution >= 0.6 is 0 Å². The van der Waals surface area contributed by atoms with Crippen LogP contribution in [0.15, 0.2) is 29.3 Å². The predicted molar refractivity (Wildman–Crippen MR) is 104 cm³/mol. The summed E-state index contributed by atoms with van der Waals surface area (Å²) in [5.74, 6) is 0.691. The van der Waals surface area contributed by atoms with Crippen LogP contribution in [0.5, 0.6) is 5.75 Å². The lowest BCUT2D eigenvalue weighted by Gasteiger charge is -2.38. The number of benzene rings is 1. The van der Waals surface area contributed by atoms with Gasteiger partial charge >= 0.3 is 0 Å². The van der Waals surface area contributed by atoms with Crippen LogP contribution in [0, 0.1) is 5.82 Å². The van der Waals surface area contributed by atoms with E-state index in [9.17, 15) is 4.39 Å². The standard InChI is InChI=1S/C19H32FN5O/c1-5-16(26-18-9-7-6-8-17(18)20)13-23-19(21-2)22-12-15-14-24(3)10-11-25(15)4/h6-9,15-16H,5,10-14H2,1-4H3,(H2,21,22,23). The van der Waals surface area contributed by atoms with E-state index in [2.05, 4.69) is 39.5 Å². The first kappa shape index (κ1) is 20.5. The van der Waals surface area contributed by atoms with Gasteiger partial charge in [0.2, 0.25) is 0 Å². The molecule has 1 aromatic rings. The lowest BCUT2D eigenvalue weighted by Crippen LogP contribution is -2.55. The Morgan fingerprint density at radius 1 is 1.31 bits per heavy atom. The number of guanidine groups is 1. The fourth-order valence-electron chi connectivity index (χ4n) is 2.96. The van der Waals surface area contributed by atoms with Crippen molar-refractivity contribution in [2.45, 2.75) is 25.5 Å². The second kappa shape index (κ2) is 10.3. The highest BCUT2D eigenvalue weighted by Crippen LogP contribution is 2.17. The number of hydrogen-bond acceptors (Lipinski definition) is 4. The molecule has 1 heterocycles. The van der Waals surface area contributed by atoms with Crippen molar-refractivity contribution >= 4 is 5.96 Å². The lowest BCUT2D eigenvalue weighted by atomic mass is 10.2. The molecule has 2 atom stereocenters. The Labute approximate surface area is 156 Å². The Morgan fingerprint density at radius 3 is 2.77 bits per heavy atom. The summed E-state index contributed by atoms with van der Waals surface area (Å²) < 4.78 is 19.5. The van der Waals surface area contributed by atoms with Crippen molar-refractivity contribution in [2.24, 2.45) is 4.99 Å². The first-order valence-electron chi connectivity index (χ1n) is 9.28. The number of halogens is 1. The molecular formula is C19H32FN5O. The number of piperazine rings is 1. The number of hydrogen-bond donors (Lipinski definition) is 2. The molecule has 2 rings (SSSR count). The number of likely N-dealkylation sites (N-methyl/N-ethyl adjacent to an activating group) is 2. The minimum absolute atomic E-state index is 0.131. The molecule has 6 nitrogen and oxygen atoms in total. The third-order valence-corrected chi connectivity index (χ3v) is 4.79. The van der Waals surface area contributed by atoms with E-state index in [0.29, 0.717) is 12.6 Å². The van der Waals surface area contributed by atoms with E-state index in [0.717, 1.165) is 38.6 Å². The molecule has 0 radical (unpaired) electrons. The van der Waals surface area contributed by atoms with Crippen molar-refractivity contribution in [2.75, 3.05) is 53.9 Å². The molecule has 0 aromatic heterocycles. The summed E-state index contributed by atoms with van der Waals surface area (Å²) in [5.41, 5.74) is 0. The van der Waals surface area contributed by atoms with Gasteiger partial charge in [0.25, 0.3) is 0 Å². The first-order chi connectivity index (χ1) is 12.5. The number of para-hydroxylation sites is 1. The van der Waals surface area contributed by atoms with Crippen molar-refractivity contribution in [3.63, 3.8) is 0 Å². The van der Waals surface area contributed by atoms with Crippen LogP contribution in [0.2, 0.25) is 0 Å². The molecule has 0 saturated carbocycles. The smallest absolute Gasteiger partial charge is 0.191 e. The summed E-state index contributed by atoms with van der Waals surface area (Å²) in [6.45, 7) is 6.62. The van der Waals surface area contributed by atoms with Crippen LogP contribution in [-0.4, -0.2) is 81.8 Å². The zero-order valence-electron chi connectivity index (χ0n) is 16.3. The Bertz CT molecular complexity index is 583. The van der Waals surface area contributed by atoms with Gasteiger partial charge in [-0.2, -0.15) is 0 Å². The van der Waals surface area contributed by atoms with Gasteiger partial charge < -0.3 is 20.3 Å². The highest BCUT2D eigenvalue weighted by Gasteiger charge is 2.22. The normalized spacial score (nSPS) is 20.7. The fourth-order valence-corrected chi connectivity index (χ4v) is 2.96. The summed E-state index contributed by atoms with van der Waals surface area (Å²) in [7, 11) is 6.06. The average molecular weight is 365 g/mol. The third kappa shape index (κ3) is 6.14. The number of nitrogens with zero attached hydrogens (tertiary/aromatic N) is 3. The second-order valence-corrected chi connectivity index (χ2v) is 6.81. The minimum Gasteiger partial charge on any atom is -0.486 e. The van der Waals surface area contributed by atoms with E-state index in [-0.39, 0.29) is 17.7 Å². The van der Waals surface area contributed by atoms with Gasteiger partial charge in [-0.25, -0.2) is 4.39 Å². The van der Waals surface area contributed by atoms with Crippen LogP contribution in [0.1, 0.15) is 13.3 Å². The van der Waals surface area contributed by atoms with E-state index in [1.54, 1.807) is 25.2 Å². The first-order valence-corrected chi connectivity index (χ1v) is 9.28.